The molecule has 2 aromatic rings. The van der Waals surface area contributed by atoms with Gasteiger partial charge in [-0.25, -0.2) is 9.59 Å². The molecule has 0 aliphatic rings. The maximum Gasteiger partial charge on any atom is 0.326 e. The summed E-state index contributed by atoms with van der Waals surface area (Å²) in [5, 5.41) is 19.3. The Kier molecular flexibility index (Phi) is 9.11. The minimum Gasteiger partial charge on any atom is -0.480 e. The molecule has 0 saturated heterocycles. The average Bonchev–Trinajstić information content (AvgIpc) is 2.73. The minimum atomic E-state index is -1.19. The number of carboxylic acids is 1. The van der Waals surface area contributed by atoms with Crippen LogP contribution in [0.15, 0.2) is 48.5 Å². The van der Waals surface area contributed by atoms with Crippen molar-refractivity contribution in [1.82, 2.24) is 16.0 Å². The first-order chi connectivity index (χ1) is 14.7. The summed E-state index contributed by atoms with van der Waals surface area (Å²) < 4.78 is 0. The van der Waals surface area contributed by atoms with Crippen molar-refractivity contribution in [2.45, 2.75) is 12.5 Å². The van der Waals surface area contributed by atoms with Gasteiger partial charge >= 0.3 is 12.0 Å². The fourth-order valence-corrected chi connectivity index (χ4v) is 2.74. The molecule has 2 rings (SSSR count). The second-order valence-electron chi connectivity index (χ2n) is 6.36. The summed E-state index contributed by atoms with van der Waals surface area (Å²) in [7, 11) is 0. The lowest BCUT2D eigenvalue weighted by molar-refractivity contribution is -0.141. The zero-order valence-electron chi connectivity index (χ0n) is 16.2. The van der Waals surface area contributed by atoms with E-state index in [0.29, 0.717) is 10.7 Å². The Hall–Kier alpha value is -3.30. The number of nitrogens with one attached hydrogen (secondary N) is 4. The first-order valence-electron chi connectivity index (χ1n) is 9.07. The Morgan fingerprint density at radius 1 is 0.871 bits per heavy atom. The van der Waals surface area contributed by atoms with Crippen molar-refractivity contribution in [2.75, 3.05) is 18.4 Å². The largest absolute Gasteiger partial charge is 0.480 e. The lowest BCUT2D eigenvalue weighted by atomic mass is 10.1. The van der Waals surface area contributed by atoms with E-state index in [9.17, 15) is 24.3 Å². The smallest absolute Gasteiger partial charge is 0.326 e. The van der Waals surface area contributed by atoms with Gasteiger partial charge in [0.2, 0.25) is 11.8 Å². The number of halogens is 2. The standard InChI is InChI=1S/C20H20Cl2N4O5/c21-14-7-6-13(9-15(14)22)25-20(31)24-10-17(27)23-11-18(28)26-16(19(29)30)8-12-4-2-1-3-5-12/h1-7,9,16H,8,10-11H2,(H,23,27)(H,26,28)(H,29,30)(H2,24,25,31)/t16-/m0/s1. The molecule has 11 heteroatoms. The Bertz CT molecular complexity index is 956. The Morgan fingerprint density at radius 3 is 2.19 bits per heavy atom. The van der Waals surface area contributed by atoms with Gasteiger partial charge in [0, 0.05) is 12.1 Å². The van der Waals surface area contributed by atoms with Gasteiger partial charge in [0.25, 0.3) is 0 Å². The Balaban J connectivity index is 1.72. The number of carbonyl (C=O) groups is 4. The van der Waals surface area contributed by atoms with E-state index in [-0.39, 0.29) is 11.4 Å². The molecule has 2 aromatic carbocycles. The third-order valence-corrected chi connectivity index (χ3v) is 4.69. The molecule has 31 heavy (non-hydrogen) atoms. The highest BCUT2D eigenvalue weighted by Crippen LogP contribution is 2.24. The van der Waals surface area contributed by atoms with Crippen molar-refractivity contribution in [3.8, 4) is 0 Å². The number of carboxylic acid groups (broad SMARTS) is 1. The van der Waals surface area contributed by atoms with Gasteiger partial charge in [-0.15, -0.1) is 0 Å². The van der Waals surface area contributed by atoms with E-state index in [1.54, 1.807) is 30.3 Å². The van der Waals surface area contributed by atoms with Crippen molar-refractivity contribution >= 4 is 52.7 Å². The molecule has 0 fully saturated rings. The molecule has 4 amide bonds. The van der Waals surface area contributed by atoms with E-state index in [1.807, 2.05) is 0 Å². The molecule has 0 heterocycles. The van der Waals surface area contributed by atoms with Crippen LogP contribution in [0.4, 0.5) is 10.5 Å². The van der Waals surface area contributed by atoms with Crippen LogP contribution in [0.5, 0.6) is 0 Å². The van der Waals surface area contributed by atoms with Crippen LogP contribution in [0.1, 0.15) is 5.56 Å². The number of amides is 4. The fraction of sp³-hybridized carbons (Fsp3) is 0.200. The number of hydrogen-bond donors (Lipinski definition) is 5. The van der Waals surface area contributed by atoms with E-state index in [2.05, 4.69) is 21.3 Å². The third-order valence-electron chi connectivity index (χ3n) is 3.95. The summed E-state index contributed by atoms with van der Waals surface area (Å²) in [6.45, 7) is -0.833. The summed E-state index contributed by atoms with van der Waals surface area (Å²) in [6.07, 6.45) is 0.103. The van der Waals surface area contributed by atoms with E-state index in [1.165, 1.54) is 18.2 Å². The van der Waals surface area contributed by atoms with Gasteiger partial charge in [-0.05, 0) is 23.8 Å². The highest BCUT2D eigenvalue weighted by molar-refractivity contribution is 6.42. The summed E-state index contributed by atoms with van der Waals surface area (Å²) in [6, 6.07) is 11.5. The van der Waals surface area contributed by atoms with Gasteiger partial charge in [-0.2, -0.15) is 0 Å². The van der Waals surface area contributed by atoms with Crippen molar-refractivity contribution in [1.29, 1.82) is 0 Å². The van der Waals surface area contributed by atoms with E-state index in [0.717, 1.165) is 5.56 Å². The lowest BCUT2D eigenvalue weighted by Crippen LogP contribution is -2.48. The molecule has 0 unspecified atom stereocenters. The Labute approximate surface area is 188 Å². The highest BCUT2D eigenvalue weighted by atomic mass is 35.5. The van der Waals surface area contributed by atoms with Crippen molar-refractivity contribution in [2.24, 2.45) is 0 Å². The second-order valence-corrected chi connectivity index (χ2v) is 7.18. The number of rotatable bonds is 9. The molecule has 0 radical (unpaired) electrons. The number of hydrogen-bond acceptors (Lipinski definition) is 4. The quantitative estimate of drug-likeness (QED) is 0.385. The topological polar surface area (TPSA) is 137 Å². The molecule has 0 aliphatic carbocycles. The van der Waals surface area contributed by atoms with Gasteiger partial charge in [0.05, 0.1) is 23.1 Å². The maximum atomic E-state index is 12.0. The zero-order valence-corrected chi connectivity index (χ0v) is 17.7. The van der Waals surface area contributed by atoms with Crippen LogP contribution in [0.3, 0.4) is 0 Å². The van der Waals surface area contributed by atoms with Crippen LogP contribution in [0.25, 0.3) is 0 Å². The van der Waals surface area contributed by atoms with Crippen molar-refractivity contribution in [3.63, 3.8) is 0 Å². The first kappa shape index (κ1) is 24.0. The molecule has 5 N–H and O–H groups in total. The highest BCUT2D eigenvalue weighted by Gasteiger charge is 2.20. The predicted molar refractivity (Wildman–Crippen MR) is 116 cm³/mol. The molecule has 0 aromatic heterocycles. The van der Waals surface area contributed by atoms with E-state index >= 15 is 0 Å². The van der Waals surface area contributed by atoms with Crippen molar-refractivity contribution < 1.29 is 24.3 Å². The van der Waals surface area contributed by atoms with Crippen LogP contribution in [-0.4, -0.2) is 48.1 Å². The Morgan fingerprint density at radius 2 is 1.55 bits per heavy atom. The van der Waals surface area contributed by atoms with Crippen molar-refractivity contribution in [3.05, 3.63) is 64.1 Å². The fourth-order valence-electron chi connectivity index (χ4n) is 2.45. The van der Waals surface area contributed by atoms with E-state index < -0.39 is 42.9 Å². The number of benzene rings is 2. The molecule has 164 valence electrons. The van der Waals surface area contributed by atoms with Gasteiger partial charge in [0.15, 0.2) is 0 Å². The van der Waals surface area contributed by atoms with E-state index in [4.69, 9.17) is 23.2 Å². The zero-order chi connectivity index (χ0) is 22.8. The molecule has 0 saturated carbocycles. The van der Waals surface area contributed by atoms with Gasteiger partial charge < -0.3 is 26.4 Å². The summed E-state index contributed by atoms with van der Waals surface area (Å²) in [5.41, 5.74) is 1.13. The second kappa shape index (κ2) is 11.8. The number of urea groups is 1. The average molecular weight is 467 g/mol. The van der Waals surface area contributed by atoms with Crippen LogP contribution in [0, 0.1) is 0 Å². The summed E-state index contributed by atoms with van der Waals surface area (Å²) in [4.78, 5) is 47.0. The summed E-state index contributed by atoms with van der Waals surface area (Å²) >= 11 is 11.6. The number of anilines is 1. The lowest BCUT2D eigenvalue weighted by Gasteiger charge is -2.15. The molecule has 0 aliphatic heterocycles. The molecule has 0 spiro atoms. The molecule has 0 bridgehead atoms. The third kappa shape index (κ3) is 8.53. The SMILES string of the molecule is O=C(CNC(=O)Nc1ccc(Cl)c(Cl)c1)NCC(=O)N[C@@H](Cc1ccccc1)C(=O)O. The molecular formula is C20H20Cl2N4O5. The molecule has 9 nitrogen and oxygen atoms in total. The van der Waals surface area contributed by atoms with Gasteiger partial charge in [-0.3, -0.25) is 9.59 Å². The maximum absolute atomic E-state index is 12.0. The van der Waals surface area contributed by atoms with Crippen LogP contribution >= 0.6 is 23.2 Å². The predicted octanol–water partition coefficient (Wildman–Crippen LogP) is 2.04. The van der Waals surface area contributed by atoms with Crippen LogP contribution in [0.2, 0.25) is 10.0 Å². The monoisotopic (exact) mass is 466 g/mol. The summed E-state index contributed by atoms with van der Waals surface area (Å²) in [5.74, 6) is -2.49. The number of carbonyl (C=O) groups excluding carboxylic acids is 3. The van der Waals surface area contributed by atoms with Crippen LogP contribution < -0.4 is 21.3 Å². The normalized spacial score (nSPS) is 11.2. The molecule has 1 atom stereocenters. The van der Waals surface area contributed by atoms with Crippen LogP contribution in [-0.2, 0) is 20.8 Å². The van der Waals surface area contributed by atoms with Gasteiger partial charge in [-0.1, -0.05) is 53.5 Å². The van der Waals surface area contributed by atoms with Gasteiger partial charge in [0.1, 0.15) is 6.04 Å². The first-order valence-corrected chi connectivity index (χ1v) is 9.83. The number of aliphatic carboxylic acids is 1. The minimum absolute atomic E-state index is 0.103. The molecular weight excluding hydrogens is 447 g/mol.